The van der Waals surface area contributed by atoms with Gasteiger partial charge in [0.05, 0.1) is 5.75 Å². The first-order chi connectivity index (χ1) is 7.03. The molecule has 3 rings (SSSR count). The van der Waals surface area contributed by atoms with Crippen molar-refractivity contribution in [1.82, 2.24) is 0 Å². The van der Waals surface area contributed by atoms with Crippen LogP contribution in [0.4, 0.5) is 0 Å². The molecule has 0 unspecified atom stereocenters. The first-order valence-corrected chi connectivity index (χ1v) is 7.68. The Morgan fingerprint density at radius 3 is 2.67 bits per heavy atom. The van der Waals surface area contributed by atoms with E-state index in [9.17, 15) is 8.42 Å². The molecule has 4 heteroatoms. The lowest BCUT2D eigenvalue weighted by atomic mass is 9.62. The lowest BCUT2D eigenvalue weighted by Gasteiger charge is -2.42. The minimum Gasteiger partial charge on any atom is -0.227 e. The average molecular weight is 247 g/mol. The van der Waals surface area contributed by atoms with E-state index in [1.807, 2.05) is 0 Å². The summed E-state index contributed by atoms with van der Waals surface area (Å²) in [5.74, 6) is 0.318. The van der Waals surface area contributed by atoms with Crippen molar-refractivity contribution in [3.63, 3.8) is 0 Å². The van der Waals surface area contributed by atoms with Gasteiger partial charge in [-0.25, -0.2) is 8.42 Å². The maximum atomic E-state index is 12.0. The van der Waals surface area contributed by atoms with E-state index in [1.54, 1.807) is 0 Å². The summed E-state index contributed by atoms with van der Waals surface area (Å²) >= 11 is 6.24. The summed E-state index contributed by atoms with van der Waals surface area (Å²) in [5.41, 5.74) is -0.158. The SMILES string of the molecule is O=S1(=O)C[C@@]23CC=CC[C@@]2(CCC3)[C@@H]1Cl. The van der Waals surface area contributed by atoms with Crippen molar-refractivity contribution in [2.75, 3.05) is 5.75 Å². The summed E-state index contributed by atoms with van der Waals surface area (Å²) in [7, 11) is -3.06. The Labute approximate surface area is 95.6 Å². The van der Waals surface area contributed by atoms with Crippen LogP contribution in [0.5, 0.6) is 0 Å². The third-order valence-corrected chi connectivity index (χ3v) is 7.99. The first-order valence-electron chi connectivity index (χ1n) is 5.53. The van der Waals surface area contributed by atoms with E-state index in [0.717, 1.165) is 32.1 Å². The van der Waals surface area contributed by atoms with Gasteiger partial charge in [0.25, 0.3) is 0 Å². The Hall–Kier alpha value is -0.0200. The fourth-order valence-corrected chi connectivity index (χ4v) is 7.24. The molecule has 0 N–H and O–H groups in total. The molecule has 0 radical (unpaired) electrons. The number of allylic oxidation sites excluding steroid dienone is 2. The van der Waals surface area contributed by atoms with Crippen LogP contribution in [0, 0.1) is 10.8 Å². The monoisotopic (exact) mass is 246 g/mol. The zero-order chi connectivity index (χ0) is 10.7. The van der Waals surface area contributed by atoms with Crippen molar-refractivity contribution in [3.8, 4) is 0 Å². The van der Waals surface area contributed by atoms with Crippen molar-refractivity contribution in [2.24, 2.45) is 10.8 Å². The second kappa shape index (κ2) is 2.80. The van der Waals surface area contributed by atoms with Crippen molar-refractivity contribution >= 4 is 21.4 Å². The molecule has 2 fully saturated rings. The molecule has 1 aliphatic heterocycles. The average Bonchev–Trinajstić information content (AvgIpc) is 2.61. The maximum Gasteiger partial charge on any atom is 0.168 e. The lowest BCUT2D eigenvalue weighted by Crippen LogP contribution is -2.40. The molecule has 84 valence electrons. The molecule has 2 aliphatic carbocycles. The van der Waals surface area contributed by atoms with Gasteiger partial charge in [0.2, 0.25) is 0 Å². The van der Waals surface area contributed by atoms with Crippen molar-refractivity contribution in [3.05, 3.63) is 12.2 Å². The normalized spacial score (nSPS) is 51.4. The summed E-state index contributed by atoms with van der Waals surface area (Å²) in [6.45, 7) is 0. The number of halogens is 1. The number of sulfone groups is 1. The topological polar surface area (TPSA) is 34.1 Å². The zero-order valence-electron chi connectivity index (χ0n) is 8.58. The molecule has 1 heterocycles. The van der Waals surface area contributed by atoms with Crippen LogP contribution in [-0.4, -0.2) is 18.9 Å². The summed E-state index contributed by atoms with van der Waals surface area (Å²) < 4.78 is 23.3. The highest BCUT2D eigenvalue weighted by Gasteiger charge is 2.67. The van der Waals surface area contributed by atoms with Gasteiger partial charge in [0, 0.05) is 5.41 Å². The predicted octanol–water partition coefficient (Wildman–Crippen LogP) is 2.49. The molecule has 1 saturated carbocycles. The van der Waals surface area contributed by atoms with Gasteiger partial charge in [0.15, 0.2) is 9.84 Å². The Kier molecular flexibility index (Phi) is 1.90. The molecular formula is C11H15ClO2S. The minimum absolute atomic E-state index is 0.0208. The Balaban J connectivity index is 2.19. The largest absolute Gasteiger partial charge is 0.227 e. The highest BCUT2D eigenvalue weighted by atomic mass is 35.5. The molecule has 0 bridgehead atoms. The Bertz CT molecular complexity index is 428. The second-order valence-corrected chi connectivity index (χ2v) is 8.07. The molecule has 0 aromatic carbocycles. The molecule has 1 saturated heterocycles. The number of hydrogen-bond donors (Lipinski definition) is 0. The van der Waals surface area contributed by atoms with Crippen molar-refractivity contribution in [1.29, 1.82) is 0 Å². The summed E-state index contributed by atoms with van der Waals surface area (Å²) in [6, 6.07) is 0. The maximum absolute atomic E-state index is 12.0. The van der Waals surface area contributed by atoms with Gasteiger partial charge in [-0.3, -0.25) is 0 Å². The minimum atomic E-state index is -3.06. The van der Waals surface area contributed by atoms with Crippen molar-refractivity contribution in [2.45, 2.75) is 36.8 Å². The lowest BCUT2D eigenvalue weighted by molar-refractivity contribution is 0.122. The molecule has 15 heavy (non-hydrogen) atoms. The van der Waals surface area contributed by atoms with Crippen LogP contribution in [0.3, 0.4) is 0 Å². The van der Waals surface area contributed by atoms with Gasteiger partial charge >= 0.3 is 0 Å². The first kappa shape index (κ1) is 10.2. The predicted molar refractivity (Wildman–Crippen MR) is 60.5 cm³/mol. The van der Waals surface area contributed by atoms with Gasteiger partial charge in [0.1, 0.15) is 4.71 Å². The van der Waals surface area contributed by atoms with Gasteiger partial charge < -0.3 is 0 Å². The standard InChI is InChI=1S/C11H15ClO2S/c12-9-11-6-2-1-4-10(11,5-3-7-11)8-15(9,13)14/h1-2,9H,3-8H2/t9-,10+,11-/m1/s1. The van der Waals surface area contributed by atoms with Crippen LogP contribution < -0.4 is 0 Å². The van der Waals surface area contributed by atoms with E-state index < -0.39 is 14.5 Å². The van der Waals surface area contributed by atoms with Crippen LogP contribution in [0.25, 0.3) is 0 Å². The fourth-order valence-electron chi connectivity index (χ4n) is 4.01. The van der Waals surface area contributed by atoms with E-state index in [0.29, 0.717) is 5.75 Å². The van der Waals surface area contributed by atoms with Gasteiger partial charge in [-0.15, -0.1) is 11.6 Å². The fraction of sp³-hybridized carbons (Fsp3) is 0.818. The van der Waals surface area contributed by atoms with E-state index in [-0.39, 0.29) is 10.8 Å². The molecule has 3 atom stereocenters. The molecule has 0 amide bonds. The second-order valence-electron chi connectivity index (χ2n) is 5.29. The highest BCUT2D eigenvalue weighted by Crippen LogP contribution is 2.67. The van der Waals surface area contributed by atoms with E-state index in [1.165, 1.54) is 0 Å². The van der Waals surface area contributed by atoms with Gasteiger partial charge in [-0.05, 0) is 31.1 Å². The van der Waals surface area contributed by atoms with Crippen molar-refractivity contribution < 1.29 is 8.42 Å². The summed E-state index contributed by atoms with van der Waals surface area (Å²) in [6.07, 6.45) is 9.22. The highest BCUT2D eigenvalue weighted by molar-refractivity contribution is 7.93. The molecule has 0 aromatic rings. The van der Waals surface area contributed by atoms with E-state index in [2.05, 4.69) is 12.2 Å². The van der Waals surface area contributed by atoms with Gasteiger partial charge in [-0.2, -0.15) is 0 Å². The Morgan fingerprint density at radius 1 is 1.20 bits per heavy atom. The van der Waals surface area contributed by atoms with Crippen LogP contribution in [0.2, 0.25) is 0 Å². The van der Waals surface area contributed by atoms with Crippen LogP contribution in [0.15, 0.2) is 12.2 Å². The number of hydrogen-bond acceptors (Lipinski definition) is 2. The summed E-state index contributed by atoms with van der Waals surface area (Å²) in [4.78, 5) is 0. The van der Waals surface area contributed by atoms with Crippen LogP contribution in [-0.2, 0) is 9.84 Å². The quantitative estimate of drug-likeness (QED) is 0.486. The smallest absolute Gasteiger partial charge is 0.168 e. The third-order valence-electron chi connectivity index (χ3n) is 4.72. The van der Waals surface area contributed by atoms with Gasteiger partial charge in [-0.1, -0.05) is 18.6 Å². The molecule has 0 aromatic heterocycles. The zero-order valence-corrected chi connectivity index (χ0v) is 10.1. The Morgan fingerprint density at radius 2 is 1.93 bits per heavy atom. The number of rotatable bonds is 0. The molecule has 3 aliphatic rings. The molecule has 2 nitrogen and oxygen atoms in total. The van der Waals surface area contributed by atoms with E-state index in [4.69, 9.17) is 11.6 Å². The molecular weight excluding hydrogens is 232 g/mol. The summed E-state index contributed by atoms with van der Waals surface area (Å²) in [5, 5.41) is 0. The van der Waals surface area contributed by atoms with E-state index >= 15 is 0 Å². The van der Waals surface area contributed by atoms with Crippen LogP contribution >= 0.6 is 11.6 Å². The third kappa shape index (κ3) is 1.04. The molecule has 0 spiro atoms. The number of alkyl halides is 1. The van der Waals surface area contributed by atoms with Crippen LogP contribution in [0.1, 0.15) is 32.1 Å².